The molecule has 1 N–H and O–H groups in total. The Labute approximate surface area is 171 Å². The highest BCUT2D eigenvalue weighted by Crippen LogP contribution is 2.23. The largest absolute Gasteiger partial charge is 0.379 e. The molecule has 29 heavy (non-hydrogen) atoms. The van der Waals surface area contributed by atoms with E-state index in [1.165, 1.54) is 15.4 Å². The SMILES string of the molecule is O=C(NCc1ccccc1CS(=O)(=O)N1CCOCC1)c1ccc2c(c1)CCC2. The molecule has 4 rings (SSSR count). The number of rotatable bonds is 6. The van der Waals surface area contributed by atoms with Crippen molar-refractivity contribution >= 4 is 15.9 Å². The molecule has 1 amide bonds. The van der Waals surface area contributed by atoms with Gasteiger partial charge in [0.25, 0.3) is 5.91 Å². The van der Waals surface area contributed by atoms with Crippen LogP contribution in [0.4, 0.5) is 0 Å². The maximum absolute atomic E-state index is 12.8. The van der Waals surface area contributed by atoms with Crippen molar-refractivity contribution < 1.29 is 17.9 Å². The van der Waals surface area contributed by atoms with Crippen LogP contribution < -0.4 is 5.32 Å². The van der Waals surface area contributed by atoms with Crippen molar-refractivity contribution in [1.29, 1.82) is 0 Å². The predicted molar refractivity (Wildman–Crippen MR) is 111 cm³/mol. The second-order valence-corrected chi connectivity index (χ2v) is 9.52. The average Bonchev–Trinajstić information content (AvgIpc) is 3.21. The predicted octanol–water partition coefficient (Wildman–Crippen LogP) is 2.27. The highest BCUT2D eigenvalue weighted by Gasteiger charge is 2.25. The summed E-state index contributed by atoms with van der Waals surface area (Å²) in [5.74, 6) is -0.205. The van der Waals surface area contributed by atoms with Crippen LogP contribution in [-0.2, 0) is 39.9 Å². The van der Waals surface area contributed by atoms with Crippen LogP contribution in [0.1, 0.15) is 39.0 Å². The summed E-state index contributed by atoms with van der Waals surface area (Å²) in [6, 6.07) is 13.3. The number of nitrogens with zero attached hydrogens (tertiary/aromatic N) is 1. The molecule has 7 heteroatoms. The van der Waals surface area contributed by atoms with Crippen molar-refractivity contribution in [2.24, 2.45) is 0 Å². The van der Waals surface area contributed by atoms with E-state index in [1.807, 2.05) is 42.5 Å². The molecule has 2 aliphatic rings. The zero-order valence-corrected chi connectivity index (χ0v) is 17.2. The number of carbonyl (C=O) groups excluding carboxylic acids is 1. The van der Waals surface area contributed by atoms with E-state index in [-0.39, 0.29) is 11.7 Å². The molecule has 6 nitrogen and oxygen atoms in total. The Balaban J connectivity index is 1.44. The lowest BCUT2D eigenvalue weighted by molar-refractivity contribution is 0.0729. The molecule has 1 fully saturated rings. The number of carbonyl (C=O) groups is 1. The van der Waals surface area contributed by atoms with Crippen LogP contribution in [-0.4, -0.2) is 44.9 Å². The van der Waals surface area contributed by atoms with E-state index in [0.29, 0.717) is 44.0 Å². The topological polar surface area (TPSA) is 75.7 Å². The maximum atomic E-state index is 12.8. The van der Waals surface area contributed by atoms with Crippen LogP contribution in [0.2, 0.25) is 0 Å². The van der Waals surface area contributed by atoms with Crippen molar-refractivity contribution in [3.8, 4) is 0 Å². The standard InChI is InChI=1S/C22H26N2O4S/c25-22(19-9-8-17-6-3-7-18(17)14-19)23-15-20-4-1-2-5-21(20)16-29(26,27)24-10-12-28-13-11-24/h1-2,4-5,8-9,14H,3,6-7,10-13,15-16H2,(H,23,25). The number of amides is 1. The highest BCUT2D eigenvalue weighted by atomic mass is 32.2. The van der Waals surface area contributed by atoms with Gasteiger partial charge in [0.2, 0.25) is 10.0 Å². The molecule has 2 aromatic carbocycles. The van der Waals surface area contributed by atoms with Gasteiger partial charge in [-0.25, -0.2) is 8.42 Å². The van der Waals surface area contributed by atoms with Crippen molar-refractivity contribution in [1.82, 2.24) is 9.62 Å². The second kappa shape index (κ2) is 8.65. The molecule has 0 bridgehead atoms. The van der Waals surface area contributed by atoms with E-state index in [1.54, 1.807) is 0 Å². The first kappa shape index (κ1) is 20.1. The van der Waals surface area contributed by atoms with Gasteiger partial charge in [0.1, 0.15) is 0 Å². The normalized spacial score (nSPS) is 17.1. The summed E-state index contributed by atoms with van der Waals surface area (Å²) in [6.45, 7) is 1.93. The van der Waals surface area contributed by atoms with E-state index in [0.717, 1.165) is 24.8 Å². The van der Waals surface area contributed by atoms with Crippen molar-refractivity contribution in [2.45, 2.75) is 31.6 Å². The number of aryl methyl sites for hydroxylation is 2. The van der Waals surface area contributed by atoms with Crippen molar-refractivity contribution in [2.75, 3.05) is 26.3 Å². The van der Waals surface area contributed by atoms with Crippen LogP contribution >= 0.6 is 0 Å². The van der Waals surface area contributed by atoms with Crippen LogP contribution in [0, 0.1) is 0 Å². The number of hydrogen-bond donors (Lipinski definition) is 1. The quantitative estimate of drug-likeness (QED) is 0.787. The van der Waals surface area contributed by atoms with E-state index < -0.39 is 10.0 Å². The Morgan fingerprint density at radius 2 is 1.72 bits per heavy atom. The van der Waals surface area contributed by atoms with Gasteiger partial charge in [0, 0.05) is 25.2 Å². The number of sulfonamides is 1. The van der Waals surface area contributed by atoms with Gasteiger partial charge in [-0.1, -0.05) is 30.3 Å². The summed E-state index contributed by atoms with van der Waals surface area (Å²) >= 11 is 0. The number of benzene rings is 2. The minimum absolute atomic E-state index is 0.0715. The zero-order chi connectivity index (χ0) is 20.3. The lowest BCUT2D eigenvalue weighted by Gasteiger charge is -2.26. The molecule has 2 aromatic rings. The lowest BCUT2D eigenvalue weighted by Crippen LogP contribution is -2.41. The first-order valence-corrected chi connectivity index (χ1v) is 11.7. The van der Waals surface area contributed by atoms with E-state index >= 15 is 0 Å². The first-order chi connectivity index (χ1) is 14.0. The first-order valence-electron chi connectivity index (χ1n) is 10.1. The number of nitrogens with one attached hydrogen (secondary N) is 1. The van der Waals surface area contributed by atoms with Crippen molar-refractivity contribution in [3.05, 3.63) is 70.3 Å². The highest BCUT2D eigenvalue weighted by molar-refractivity contribution is 7.88. The molecule has 0 aromatic heterocycles. The number of morpholine rings is 1. The summed E-state index contributed by atoms with van der Waals surface area (Å²) in [5.41, 5.74) is 4.78. The Hall–Kier alpha value is -2.22. The molecule has 0 saturated carbocycles. The maximum Gasteiger partial charge on any atom is 0.251 e. The minimum Gasteiger partial charge on any atom is -0.379 e. The molecule has 1 saturated heterocycles. The van der Waals surface area contributed by atoms with Crippen LogP contribution in [0.5, 0.6) is 0 Å². The summed E-state index contributed by atoms with van der Waals surface area (Å²) in [7, 11) is -3.42. The molecular formula is C22H26N2O4S. The van der Waals surface area contributed by atoms with Gasteiger partial charge in [-0.3, -0.25) is 4.79 Å². The third-order valence-corrected chi connectivity index (χ3v) is 7.45. The number of fused-ring (bicyclic) bond motifs is 1. The molecule has 154 valence electrons. The van der Waals surface area contributed by atoms with Gasteiger partial charge >= 0.3 is 0 Å². The summed E-state index contributed by atoms with van der Waals surface area (Å²) in [6.07, 6.45) is 3.26. The van der Waals surface area contributed by atoms with E-state index in [2.05, 4.69) is 5.32 Å². The fourth-order valence-electron chi connectivity index (χ4n) is 3.97. The van der Waals surface area contributed by atoms with Crippen LogP contribution in [0.15, 0.2) is 42.5 Å². The summed E-state index contributed by atoms with van der Waals surface area (Å²) in [5, 5.41) is 2.94. The van der Waals surface area contributed by atoms with Gasteiger partial charge in [-0.05, 0) is 53.6 Å². The lowest BCUT2D eigenvalue weighted by atomic mass is 10.1. The smallest absolute Gasteiger partial charge is 0.251 e. The number of ether oxygens (including phenoxy) is 1. The average molecular weight is 415 g/mol. The Morgan fingerprint density at radius 1 is 1.00 bits per heavy atom. The number of hydrogen-bond acceptors (Lipinski definition) is 4. The fourth-order valence-corrected chi connectivity index (χ4v) is 5.54. The minimum atomic E-state index is -3.42. The molecular weight excluding hydrogens is 388 g/mol. The molecule has 0 unspecified atom stereocenters. The van der Waals surface area contributed by atoms with Gasteiger partial charge in [-0.15, -0.1) is 0 Å². The Morgan fingerprint density at radius 3 is 2.52 bits per heavy atom. The molecule has 0 atom stereocenters. The molecule has 0 spiro atoms. The van der Waals surface area contributed by atoms with E-state index in [9.17, 15) is 13.2 Å². The molecule has 0 radical (unpaired) electrons. The fraction of sp³-hybridized carbons (Fsp3) is 0.409. The molecule has 1 aliphatic carbocycles. The molecule has 1 aliphatic heterocycles. The second-order valence-electron chi connectivity index (χ2n) is 7.56. The van der Waals surface area contributed by atoms with E-state index in [4.69, 9.17) is 4.74 Å². The van der Waals surface area contributed by atoms with Gasteiger partial charge < -0.3 is 10.1 Å². The molecule has 1 heterocycles. The monoisotopic (exact) mass is 414 g/mol. The van der Waals surface area contributed by atoms with Crippen molar-refractivity contribution in [3.63, 3.8) is 0 Å². The van der Waals surface area contributed by atoms with Crippen LogP contribution in [0.3, 0.4) is 0 Å². The van der Waals surface area contributed by atoms with Gasteiger partial charge in [0.05, 0.1) is 19.0 Å². The van der Waals surface area contributed by atoms with Gasteiger partial charge in [-0.2, -0.15) is 4.31 Å². The Bertz CT molecular complexity index is 998. The Kier molecular flexibility index (Phi) is 5.99. The van der Waals surface area contributed by atoms with Crippen LogP contribution in [0.25, 0.3) is 0 Å². The third kappa shape index (κ3) is 4.69. The zero-order valence-electron chi connectivity index (χ0n) is 16.4. The summed E-state index contributed by atoms with van der Waals surface area (Å²) in [4.78, 5) is 12.6. The summed E-state index contributed by atoms with van der Waals surface area (Å²) < 4.78 is 32.2. The third-order valence-electron chi connectivity index (χ3n) is 5.62. The van der Waals surface area contributed by atoms with Gasteiger partial charge in [0.15, 0.2) is 0 Å².